The van der Waals surface area contributed by atoms with Crippen molar-refractivity contribution in [3.05, 3.63) is 34.1 Å². The number of aromatic amines is 1. The Bertz CT molecular complexity index is 927. The summed E-state index contributed by atoms with van der Waals surface area (Å²) in [4.78, 5) is 30.8. The van der Waals surface area contributed by atoms with Crippen molar-refractivity contribution in [3.63, 3.8) is 0 Å². The van der Waals surface area contributed by atoms with Crippen LogP contribution in [0.2, 0.25) is 19.6 Å². The van der Waals surface area contributed by atoms with E-state index in [-0.39, 0.29) is 11.6 Å². The largest absolute Gasteiger partial charge is 0.417 e. The summed E-state index contributed by atoms with van der Waals surface area (Å²) >= 11 is 1.47. The summed E-state index contributed by atoms with van der Waals surface area (Å²) in [6.45, 7) is 7.61. The summed E-state index contributed by atoms with van der Waals surface area (Å²) in [5.74, 6) is -0.410. The SMILES string of the molecule is C[Si](C)(C)c1nc(C(=O)OC(=O)N2CCC3=Cc4[nH]ncc4CC3C2)cs1. The fourth-order valence-electron chi connectivity index (χ4n) is 3.46. The second-order valence-corrected chi connectivity index (χ2v) is 14.3. The van der Waals surface area contributed by atoms with Crippen LogP contribution in [0.5, 0.6) is 0 Å². The lowest BCUT2D eigenvalue weighted by molar-refractivity contribution is 0.0516. The zero-order valence-electron chi connectivity index (χ0n) is 15.6. The van der Waals surface area contributed by atoms with E-state index in [1.165, 1.54) is 16.9 Å². The minimum absolute atomic E-state index is 0.226. The van der Waals surface area contributed by atoms with Crippen LogP contribution < -0.4 is 4.63 Å². The maximum atomic E-state index is 12.5. The van der Waals surface area contributed by atoms with E-state index in [1.54, 1.807) is 10.3 Å². The van der Waals surface area contributed by atoms with Crippen molar-refractivity contribution in [2.75, 3.05) is 13.1 Å². The van der Waals surface area contributed by atoms with Crippen molar-refractivity contribution in [1.82, 2.24) is 20.1 Å². The highest BCUT2D eigenvalue weighted by atomic mass is 32.1. The lowest BCUT2D eigenvalue weighted by Crippen LogP contribution is -2.43. The molecule has 3 heterocycles. The van der Waals surface area contributed by atoms with E-state index in [1.807, 2.05) is 6.20 Å². The van der Waals surface area contributed by atoms with Crippen LogP contribution in [0.3, 0.4) is 0 Å². The number of hydrogen-bond donors (Lipinski definition) is 1. The summed E-state index contributed by atoms with van der Waals surface area (Å²) < 4.78 is 6.09. The van der Waals surface area contributed by atoms with Crippen LogP contribution in [-0.4, -0.2) is 53.3 Å². The number of carbonyl (C=O) groups is 2. The van der Waals surface area contributed by atoms with E-state index in [4.69, 9.17) is 4.74 Å². The lowest BCUT2D eigenvalue weighted by Gasteiger charge is -2.35. The highest BCUT2D eigenvalue weighted by molar-refractivity contribution is 7.24. The minimum atomic E-state index is -1.58. The van der Waals surface area contributed by atoms with Crippen molar-refractivity contribution in [2.45, 2.75) is 32.5 Å². The van der Waals surface area contributed by atoms with Crippen molar-refractivity contribution in [1.29, 1.82) is 0 Å². The first-order valence-corrected chi connectivity index (χ1v) is 13.4. The molecule has 9 heteroatoms. The highest BCUT2D eigenvalue weighted by Gasteiger charge is 2.33. The third kappa shape index (κ3) is 3.61. The molecule has 1 atom stereocenters. The second kappa shape index (κ2) is 6.72. The molecule has 0 bridgehead atoms. The van der Waals surface area contributed by atoms with Gasteiger partial charge in [-0.3, -0.25) is 5.10 Å². The smallest absolute Gasteiger partial charge is 0.371 e. The van der Waals surface area contributed by atoms with Crippen molar-refractivity contribution < 1.29 is 14.3 Å². The number of H-pyrrole nitrogens is 1. The fraction of sp³-hybridized carbons (Fsp3) is 0.444. The van der Waals surface area contributed by atoms with Crippen LogP contribution >= 0.6 is 11.3 Å². The van der Waals surface area contributed by atoms with Gasteiger partial charge >= 0.3 is 12.1 Å². The molecular formula is C18H22N4O3SSi. The molecule has 0 aromatic carbocycles. The van der Waals surface area contributed by atoms with Crippen LogP contribution in [0.1, 0.15) is 28.2 Å². The zero-order chi connectivity index (χ0) is 19.2. The van der Waals surface area contributed by atoms with Gasteiger partial charge in [0.05, 0.1) is 16.5 Å². The quantitative estimate of drug-likeness (QED) is 0.474. The van der Waals surface area contributed by atoms with E-state index in [0.29, 0.717) is 13.1 Å². The van der Waals surface area contributed by atoms with Gasteiger partial charge in [0.2, 0.25) is 0 Å². The van der Waals surface area contributed by atoms with E-state index < -0.39 is 20.1 Å². The van der Waals surface area contributed by atoms with Crippen LogP contribution in [0, 0.1) is 5.92 Å². The number of carbonyl (C=O) groups excluding carboxylic acids is 2. The first kappa shape index (κ1) is 18.1. The fourth-order valence-corrected chi connectivity index (χ4v) is 6.03. The molecule has 0 saturated carbocycles. The molecule has 0 radical (unpaired) electrons. The molecule has 2 aromatic rings. The van der Waals surface area contributed by atoms with Crippen LogP contribution in [0.25, 0.3) is 6.08 Å². The van der Waals surface area contributed by atoms with Crippen LogP contribution in [0.4, 0.5) is 4.79 Å². The predicted molar refractivity (Wildman–Crippen MR) is 106 cm³/mol. The summed E-state index contributed by atoms with van der Waals surface area (Å²) in [5, 5.41) is 8.77. The molecule has 0 spiro atoms. The maximum absolute atomic E-state index is 12.5. The molecule has 1 fully saturated rings. The number of fused-ring (bicyclic) bond motifs is 2. The van der Waals surface area contributed by atoms with Gasteiger partial charge in [-0.25, -0.2) is 14.6 Å². The average Bonchev–Trinajstić information content (AvgIpc) is 3.27. The number of piperidine rings is 1. The number of esters is 1. The third-order valence-corrected chi connectivity index (χ3v) is 9.22. The van der Waals surface area contributed by atoms with Crippen LogP contribution in [0.15, 0.2) is 17.2 Å². The first-order chi connectivity index (χ1) is 12.8. The first-order valence-electron chi connectivity index (χ1n) is 9.01. The monoisotopic (exact) mass is 402 g/mol. The molecule has 7 nitrogen and oxygen atoms in total. The summed E-state index contributed by atoms with van der Waals surface area (Å²) in [5.41, 5.74) is 3.77. The molecule has 2 aliphatic rings. The number of nitrogens with one attached hydrogen (secondary N) is 1. The molecule has 1 unspecified atom stereocenters. The Morgan fingerprint density at radius 2 is 2.19 bits per heavy atom. The topological polar surface area (TPSA) is 88.2 Å². The molecule has 27 heavy (non-hydrogen) atoms. The molecule has 1 N–H and O–H groups in total. The van der Waals surface area contributed by atoms with E-state index in [0.717, 1.165) is 28.7 Å². The number of amides is 1. The van der Waals surface area contributed by atoms with Gasteiger partial charge in [-0.2, -0.15) is 5.10 Å². The molecule has 1 amide bonds. The number of aromatic nitrogens is 3. The van der Waals surface area contributed by atoms with Crippen molar-refractivity contribution in [2.24, 2.45) is 5.92 Å². The number of thiazole rings is 1. The molecular weight excluding hydrogens is 380 g/mol. The average molecular weight is 403 g/mol. The molecule has 1 aliphatic carbocycles. The minimum Gasteiger partial charge on any atom is -0.371 e. The van der Waals surface area contributed by atoms with Gasteiger partial charge < -0.3 is 9.64 Å². The van der Waals surface area contributed by atoms with E-state index in [2.05, 4.69) is 40.9 Å². The van der Waals surface area contributed by atoms with Crippen LogP contribution in [-0.2, 0) is 11.2 Å². The molecule has 142 valence electrons. The zero-order valence-corrected chi connectivity index (χ0v) is 17.4. The van der Waals surface area contributed by atoms with Gasteiger partial charge in [0, 0.05) is 24.4 Å². The van der Waals surface area contributed by atoms with Gasteiger partial charge in [-0.05, 0) is 24.5 Å². The second-order valence-electron chi connectivity index (χ2n) is 8.07. The predicted octanol–water partition coefficient (Wildman–Crippen LogP) is 2.65. The number of rotatable bonds is 2. The maximum Gasteiger partial charge on any atom is 0.417 e. The lowest BCUT2D eigenvalue weighted by atomic mass is 9.82. The normalized spacial score (nSPS) is 19.1. The number of hydrogen-bond acceptors (Lipinski definition) is 6. The standard InChI is InChI=1S/C18H22N4O3SSi/c1-27(2,3)17-20-15(10-26-17)16(23)25-18(24)22-5-4-11-7-14-12(8-19-21-14)6-13(11)9-22/h7-8,10,13H,4-6,9H2,1-3H3,(H,19,21). The van der Waals surface area contributed by atoms with Gasteiger partial charge in [0.1, 0.15) is 8.07 Å². The Kier molecular flexibility index (Phi) is 4.51. The Balaban J connectivity index is 1.39. The summed E-state index contributed by atoms with van der Waals surface area (Å²) in [7, 11) is -1.58. The molecule has 1 saturated heterocycles. The van der Waals surface area contributed by atoms with Gasteiger partial charge in [-0.1, -0.05) is 25.2 Å². The molecule has 1 aliphatic heterocycles. The summed E-state index contributed by atoms with van der Waals surface area (Å²) in [6.07, 6.45) is 5.02. The van der Waals surface area contributed by atoms with Gasteiger partial charge in [-0.15, -0.1) is 11.3 Å². The Hall–Kier alpha value is -2.26. The third-order valence-electron chi connectivity index (χ3n) is 4.98. The van der Waals surface area contributed by atoms with E-state index >= 15 is 0 Å². The highest BCUT2D eigenvalue weighted by Crippen LogP contribution is 2.33. The molecule has 4 rings (SSSR count). The summed E-state index contributed by atoms with van der Waals surface area (Å²) in [6, 6.07) is 0. The Morgan fingerprint density at radius 3 is 2.93 bits per heavy atom. The van der Waals surface area contributed by atoms with Gasteiger partial charge in [0.25, 0.3) is 0 Å². The van der Waals surface area contributed by atoms with Gasteiger partial charge in [0.15, 0.2) is 5.69 Å². The Morgan fingerprint density at radius 1 is 1.37 bits per heavy atom. The van der Waals surface area contributed by atoms with E-state index in [9.17, 15) is 9.59 Å². The number of ether oxygens (including phenoxy) is 1. The Labute approximate surface area is 162 Å². The number of likely N-dealkylation sites (tertiary alicyclic amines) is 1. The number of nitrogens with zero attached hydrogens (tertiary/aromatic N) is 3. The van der Waals surface area contributed by atoms with Crippen molar-refractivity contribution in [3.8, 4) is 0 Å². The molecule has 2 aromatic heterocycles. The van der Waals surface area contributed by atoms with Crippen molar-refractivity contribution >= 4 is 42.2 Å².